The van der Waals surface area contributed by atoms with Crippen molar-refractivity contribution in [3.63, 3.8) is 0 Å². The van der Waals surface area contributed by atoms with Gasteiger partial charge < -0.3 is 15.6 Å². The minimum absolute atomic E-state index is 0.0292. The quantitative estimate of drug-likeness (QED) is 0.449. The van der Waals surface area contributed by atoms with Crippen molar-refractivity contribution in [2.45, 2.75) is 4.90 Å². The van der Waals surface area contributed by atoms with E-state index >= 15 is 0 Å². The van der Waals surface area contributed by atoms with Gasteiger partial charge in [0.15, 0.2) is 0 Å². The average Bonchev–Trinajstić information content (AvgIpc) is 2.77. The van der Waals surface area contributed by atoms with E-state index in [0.717, 1.165) is 18.0 Å². The van der Waals surface area contributed by atoms with Crippen LogP contribution in [0.3, 0.4) is 0 Å². The van der Waals surface area contributed by atoms with Crippen molar-refractivity contribution in [3.05, 3.63) is 78.5 Å². The molecule has 152 valence electrons. The summed E-state index contributed by atoms with van der Waals surface area (Å²) in [6.07, 6.45) is 3.81. The zero-order valence-corrected chi connectivity index (χ0v) is 16.8. The molecule has 0 amide bonds. The second-order valence-corrected chi connectivity index (χ2v) is 7.87. The van der Waals surface area contributed by atoms with Gasteiger partial charge in [-0.2, -0.15) is 0 Å². The molecular weight excluding hydrogens is 400 g/mol. The number of pyridine rings is 1. The molecule has 0 saturated carbocycles. The molecule has 1 aromatic heterocycles. The maximum absolute atomic E-state index is 12.8. The minimum Gasteiger partial charge on any atom is -0.488 e. The smallest absolute Gasteiger partial charge is 0.263 e. The van der Waals surface area contributed by atoms with E-state index in [1.165, 1.54) is 18.2 Å². The van der Waals surface area contributed by atoms with E-state index in [1.807, 2.05) is 12.1 Å². The molecule has 0 fully saturated rings. The fraction of sp³-hybridized carbons (Fsp3) is 0.0455. The molecule has 0 atom stereocenters. The Morgan fingerprint density at radius 1 is 1.07 bits per heavy atom. The van der Waals surface area contributed by atoms with Crippen LogP contribution in [-0.2, 0) is 10.0 Å². The average molecular weight is 420 g/mol. The Morgan fingerprint density at radius 3 is 2.50 bits per heavy atom. The molecule has 1 heterocycles. The molecule has 0 aliphatic rings. The number of hydrogen-bond donors (Lipinski definition) is 3. The highest BCUT2D eigenvalue weighted by Gasteiger charge is 2.17. The predicted octanol–water partition coefficient (Wildman–Crippen LogP) is 4.22. The predicted molar refractivity (Wildman–Crippen MR) is 119 cm³/mol. The Bertz CT molecular complexity index is 1190. The number of benzene rings is 2. The Balaban J connectivity index is 1.90. The third-order valence-electron chi connectivity index (χ3n) is 4.21. The van der Waals surface area contributed by atoms with E-state index in [0.29, 0.717) is 22.6 Å². The van der Waals surface area contributed by atoms with Crippen LogP contribution in [0.4, 0.5) is 5.82 Å². The lowest BCUT2D eigenvalue weighted by Crippen LogP contribution is -2.14. The van der Waals surface area contributed by atoms with Gasteiger partial charge >= 0.3 is 0 Å². The summed E-state index contributed by atoms with van der Waals surface area (Å²) < 4.78 is 33.4. The van der Waals surface area contributed by atoms with Crippen LogP contribution < -0.4 is 9.46 Å². The highest BCUT2D eigenvalue weighted by atomic mass is 32.2. The summed E-state index contributed by atoms with van der Waals surface area (Å²) in [5, 5.41) is 14.7. The van der Waals surface area contributed by atoms with Crippen molar-refractivity contribution in [1.29, 1.82) is 10.8 Å². The molecule has 0 bridgehead atoms. The number of ether oxygens (including phenoxy) is 1. The summed E-state index contributed by atoms with van der Waals surface area (Å²) in [4.78, 5) is 4.19. The number of anilines is 1. The molecule has 0 aliphatic heterocycles. The van der Waals surface area contributed by atoms with Crippen molar-refractivity contribution in [2.75, 3.05) is 11.3 Å². The van der Waals surface area contributed by atoms with Crippen LogP contribution in [0.1, 0.15) is 11.3 Å². The normalized spacial score (nSPS) is 10.8. The Kier molecular flexibility index (Phi) is 6.38. The molecule has 3 N–H and O–H groups in total. The van der Waals surface area contributed by atoms with E-state index in [4.69, 9.17) is 15.6 Å². The van der Waals surface area contributed by atoms with Crippen molar-refractivity contribution >= 4 is 34.3 Å². The van der Waals surface area contributed by atoms with Gasteiger partial charge in [-0.1, -0.05) is 30.8 Å². The first-order valence-electron chi connectivity index (χ1n) is 8.96. The third-order valence-corrected chi connectivity index (χ3v) is 5.56. The van der Waals surface area contributed by atoms with Crippen LogP contribution in [0, 0.1) is 10.8 Å². The molecule has 3 rings (SSSR count). The van der Waals surface area contributed by atoms with E-state index in [-0.39, 0.29) is 17.3 Å². The SMILES string of the molecule is C=Cc1cccc(NS(=O)(=O)c2ccc(-c3ccc(OCC=N)cc3)c(C=N)c2)n1. The number of nitrogens with zero attached hydrogens (tertiary/aromatic N) is 1. The van der Waals surface area contributed by atoms with Crippen LogP contribution in [0.25, 0.3) is 17.2 Å². The molecular formula is C22H20N4O3S. The van der Waals surface area contributed by atoms with Gasteiger partial charge in [-0.15, -0.1) is 0 Å². The zero-order chi connectivity index (χ0) is 21.6. The van der Waals surface area contributed by atoms with Crippen molar-refractivity contribution in [1.82, 2.24) is 4.98 Å². The molecule has 7 nitrogen and oxygen atoms in total. The Labute approximate surface area is 175 Å². The van der Waals surface area contributed by atoms with Gasteiger partial charge in [-0.25, -0.2) is 13.4 Å². The van der Waals surface area contributed by atoms with Crippen LogP contribution in [-0.4, -0.2) is 32.4 Å². The molecule has 3 aromatic rings. The van der Waals surface area contributed by atoms with E-state index in [2.05, 4.69) is 16.3 Å². The van der Waals surface area contributed by atoms with Gasteiger partial charge in [0.05, 0.1) is 10.6 Å². The van der Waals surface area contributed by atoms with E-state index in [1.54, 1.807) is 36.4 Å². The highest BCUT2D eigenvalue weighted by Crippen LogP contribution is 2.28. The second-order valence-electron chi connectivity index (χ2n) is 6.19. The fourth-order valence-corrected chi connectivity index (χ4v) is 3.81. The maximum Gasteiger partial charge on any atom is 0.263 e. The monoisotopic (exact) mass is 420 g/mol. The largest absolute Gasteiger partial charge is 0.488 e. The molecule has 0 aliphatic carbocycles. The first-order valence-corrected chi connectivity index (χ1v) is 10.4. The lowest BCUT2D eigenvalue weighted by atomic mass is 10.0. The number of hydrogen-bond acceptors (Lipinski definition) is 6. The van der Waals surface area contributed by atoms with Gasteiger partial charge in [0.25, 0.3) is 10.0 Å². The van der Waals surface area contributed by atoms with Crippen LogP contribution >= 0.6 is 0 Å². The number of aromatic nitrogens is 1. The van der Waals surface area contributed by atoms with Gasteiger partial charge in [0.1, 0.15) is 18.2 Å². The first kappa shape index (κ1) is 20.9. The van der Waals surface area contributed by atoms with Crippen molar-refractivity contribution < 1.29 is 13.2 Å². The number of sulfonamides is 1. The van der Waals surface area contributed by atoms with Crippen LogP contribution in [0.15, 0.2) is 72.1 Å². The Hall–Kier alpha value is -3.78. The van der Waals surface area contributed by atoms with Gasteiger partial charge in [-0.05, 0) is 53.6 Å². The summed E-state index contributed by atoms with van der Waals surface area (Å²) in [5.41, 5.74) is 2.54. The van der Waals surface area contributed by atoms with Crippen LogP contribution in [0.2, 0.25) is 0 Å². The molecule has 30 heavy (non-hydrogen) atoms. The molecule has 8 heteroatoms. The number of rotatable bonds is 9. The molecule has 0 unspecified atom stereocenters. The van der Waals surface area contributed by atoms with Crippen molar-refractivity contribution in [3.8, 4) is 16.9 Å². The fourth-order valence-electron chi connectivity index (χ4n) is 2.78. The van der Waals surface area contributed by atoms with Gasteiger partial charge in [0, 0.05) is 18.0 Å². The summed E-state index contributed by atoms with van der Waals surface area (Å²) in [6.45, 7) is 3.82. The number of nitrogens with one attached hydrogen (secondary N) is 3. The van der Waals surface area contributed by atoms with E-state index in [9.17, 15) is 8.42 Å². The molecule has 0 spiro atoms. The lowest BCUT2D eigenvalue weighted by molar-refractivity contribution is 0.380. The van der Waals surface area contributed by atoms with Gasteiger partial charge in [0.2, 0.25) is 0 Å². The first-order chi connectivity index (χ1) is 14.5. The highest BCUT2D eigenvalue weighted by molar-refractivity contribution is 7.92. The summed E-state index contributed by atoms with van der Waals surface area (Å²) in [5.74, 6) is 0.810. The maximum atomic E-state index is 12.8. The Morgan fingerprint density at radius 2 is 1.83 bits per heavy atom. The topological polar surface area (TPSA) is 116 Å². The minimum atomic E-state index is -3.88. The summed E-state index contributed by atoms with van der Waals surface area (Å²) >= 11 is 0. The van der Waals surface area contributed by atoms with Gasteiger partial charge in [-0.3, -0.25) is 4.72 Å². The lowest BCUT2D eigenvalue weighted by Gasteiger charge is -2.12. The van der Waals surface area contributed by atoms with Crippen molar-refractivity contribution in [2.24, 2.45) is 0 Å². The van der Waals surface area contributed by atoms with Crippen LogP contribution in [0.5, 0.6) is 5.75 Å². The molecule has 0 radical (unpaired) electrons. The summed E-state index contributed by atoms with van der Waals surface area (Å²) in [7, 11) is -3.88. The molecule has 0 saturated heterocycles. The molecule has 2 aromatic carbocycles. The zero-order valence-electron chi connectivity index (χ0n) is 16.0. The second kappa shape index (κ2) is 9.15. The third kappa shape index (κ3) is 4.79. The van der Waals surface area contributed by atoms with E-state index < -0.39 is 10.0 Å². The summed E-state index contributed by atoms with van der Waals surface area (Å²) in [6, 6.07) is 16.7. The standard InChI is InChI=1S/C22H20N4O3S/c1-2-18-4-3-5-22(25-18)26-30(27,28)20-10-11-21(17(14-20)15-24)16-6-8-19(9-7-16)29-13-12-23/h2-12,14-15,23-24H,1,13H2,(H,25,26).